The maximum absolute atomic E-state index is 12.0. The van der Waals surface area contributed by atoms with E-state index in [0.717, 1.165) is 19.3 Å². The fraction of sp³-hybridized carbons (Fsp3) is 0.750. The van der Waals surface area contributed by atoms with Gasteiger partial charge in [-0.05, 0) is 39.0 Å². The average molecular weight is 210 g/mol. The Bertz CT molecular complexity index is 285. The summed E-state index contributed by atoms with van der Waals surface area (Å²) >= 11 is 0. The maximum Gasteiger partial charge on any atom is 0.318 e. The van der Waals surface area contributed by atoms with Gasteiger partial charge in [0, 0.05) is 6.61 Å². The molecule has 0 aromatic carbocycles. The lowest BCUT2D eigenvalue weighted by Gasteiger charge is -2.23. The van der Waals surface area contributed by atoms with Crippen molar-refractivity contribution in [2.24, 2.45) is 11.3 Å². The third kappa shape index (κ3) is 1.93. The van der Waals surface area contributed by atoms with Crippen molar-refractivity contribution in [3.63, 3.8) is 0 Å². The summed E-state index contributed by atoms with van der Waals surface area (Å²) in [4.78, 5) is 12.0. The standard InChI is InChI=1S/C12H18O3/c1-3-14-9(2)15-11(13)12-6-4-10(8-12)5-7-12/h4,6,9-10H,3,5,7-8H2,1-2H3. The van der Waals surface area contributed by atoms with Gasteiger partial charge >= 0.3 is 5.97 Å². The van der Waals surface area contributed by atoms with E-state index in [9.17, 15) is 4.79 Å². The molecule has 0 aromatic rings. The molecule has 2 rings (SSSR count). The predicted octanol–water partition coefficient (Wildman–Crippen LogP) is 2.27. The molecular formula is C12H18O3. The molecule has 1 fully saturated rings. The Labute approximate surface area is 90.4 Å². The number of carbonyl (C=O) groups excluding carboxylic acids is 1. The zero-order valence-electron chi connectivity index (χ0n) is 9.36. The second-order valence-electron chi connectivity index (χ2n) is 4.45. The third-order valence-electron chi connectivity index (χ3n) is 3.36. The predicted molar refractivity (Wildman–Crippen MR) is 56.1 cm³/mol. The van der Waals surface area contributed by atoms with Gasteiger partial charge < -0.3 is 9.47 Å². The van der Waals surface area contributed by atoms with E-state index in [1.165, 1.54) is 0 Å². The second kappa shape index (κ2) is 3.97. The smallest absolute Gasteiger partial charge is 0.318 e. The fourth-order valence-corrected chi connectivity index (χ4v) is 2.54. The van der Waals surface area contributed by atoms with Gasteiger partial charge in [-0.2, -0.15) is 0 Å². The van der Waals surface area contributed by atoms with Crippen LogP contribution in [0.15, 0.2) is 12.2 Å². The Kier molecular flexibility index (Phi) is 2.83. The van der Waals surface area contributed by atoms with Crippen LogP contribution in [-0.4, -0.2) is 18.9 Å². The van der Waals surface area contributed by atoms with Gasteiger partial charge in [-0.15, -0.1) is 0 Å². The highest BCUT2D eigenvalue weighted by Gasteiger charge is 2.48. The van der Waals surface area contributed by atoms with Crippen molar-refractivity contribution in [3.05, 3.63) is 12.2 Å². The minimum Gasteiger partial charge on any atom is -0.435 e. The van der Waals surface area contributed by atoms with Crippen LogP contribution in [0.25, 0.3) is 0 Å². The number of allylic oxidation sites excluding steroid dienone is 1. The molecule has 0 aliphatic heterocycles. The van der Waals surface area contributed by atoms with Crippen molar-refractivity contribution in [3.8, 4) is 0 Å². The molecule has 15 heavy (non-hydrogen) atoms. The van der Waals surface area contributed by atoms with Crippen LogP contribution >= 0.6 is 0 Å². The topological polar surface area (TPSA) is 35.5 Å². The van der Waals surface area contributed by atoms with Crippen molar-refractivity contribution in [1.82, 2.24) is 0 Å². The average Bonchev–Trinajstić information content (AvgIpc) is 2.78. The minimum absolute atomic E-state index is 0.111. The van der Waals surface area contributed by atoms with Crippen LogP contribution in [0.3, 0.4) is 0 Å². The first kappa shape index (κ1) is 10.7. The molecule has 0 saturated heterocycles. The summed E-state index contributed by atoms with van der Waals surface area (Å²) in [5.74, 6) is 0.486. The van der Waals surface area contributed by atoms with Crippen molar-refractivity contribution >= 4 is 5.97 Å². The van der Waals surface area contributed by atoms with Gasteiger partial charge in [0.15, 0.2) is 6.29 Å². The van der Waals surface area contributed by atoms with Gasteiger partial charge in [-0.1, -0.05) is 12.2 Å². The summed E-state index contributed by atoms with van der Waals surface area (Å²) in [6.07, 6.45) is 6.74. The highest BCUT2D eigenvalue weighted by molar-refractivity contribution is 5.80. The van der Waals surface area contributed by atoms with Gasteiger partial charge in [0.25, 0.3) is 0 Å². The summed E-state index contributed by atoms with van der Waals surface area (Å²) in [5, 5.41) is 0. The van der Waals surface area contributed by atoms with E-state index < -0.39 is 6.29 Å². The first-order valence-corrected chi connectivity index (χ1v) is 5.68. The minimum atomic E-state index is -0.426. The van der Waals surface area contributed by atoms with E-state index in [-0.39, 0.29) is 11.4 Å². The normalized spacial score (nSPS) is 34.4. The first-order chi connectivity index (χ1) is 7.16. The number of esters is 1. The molecule has 3 heteroatoms. The number of carbonyl (C=O) groups is 1. The molecule has 2 aliphatic rings. The third-order valence-corrected chi connectivity index (χ3v) is 3.36. The fourth-order valence-electron chi connectivity index (χ4n) is 2.54. The van der Waals surface area contributed by atoms with Crippen LogP contribution in [-0.2, 0) is 14.3 Å². The Hall–Kier alpha value is -0.830. The molecule has 0 spiro atoms. The molecule has 0 amide bonds. The van der Waals surface area contributed by atoms with E-state index in [4.69, 9.17) is 9.47 Å². The number of rotatable bonds is 4. The molecule has 3 atom stereocenters. The van der Waals surface area contributed by atoms with Crippen molar-refractivity contribution < 1.29 is 14.3 Å². The number of hydrogen-bond donors (Lipinski definition) is 0. The lowest BCUT2D eigenvalue weighted by Crippen LogP contribution is -2.31. The van der Waals surface area contributed by atoms with E-state index in [1.54, 1.807) is 6.92 Å². The van der Waals surface area contributed by atoms with E-state index >= 15 is 0 Å². The van der Waals surface area contributed by atoms with Crippen LogP contribution < -0.4 is 0 Å². The number of fused-ring (bicyclic) bond motifs is 2. The van der Waals surface area contributed by atoms with E-state index in [0.29, 0.717) is 12.5 Å². The van der Waals surface area contributed by atoms with Crippen LogP contribution in [0.2, 0.25) is 0 Å². The summed E-state index contributed by atoms with van der Waals surface area (Å²) in [5.41, 5.74) is -0.323. The monoisotopic (exact) mass is 210 g/mol. The molecule has 0 N–H and O–H groups in total. The zero-order valence-corrected chi connectivity index (χ0v) is 9.36. The van der Waals surface area contributed by atoms with Crippen LogP contribution in [0.5, 0.6) is 0 Å². The highest BCUT2D eigenvalue weighted by atomic mass is 16.7. The molecule has 0 heterocycles. The van der Waals surface area contributed by atoms with Gasteiger partial charge in [0.1, 0.15) is 0 Å². The molecule has 0 radical (unpaired) electrons. The Morgan fingerprint density at radius 1 is 1.67 bits per heavy atom. The molecule has 0 aromatic heterocycles. The van der Waals surface area contributed by atoms with Gasteiger partial charge in [-0.25, -0.2) is 0 Å². The molecule has 3 unspecified atom stereocenters. The van der Waals surface area contributed by atoms with Crippen LogP contribution in [0.4, 0.5) is 0 Å². The van der Waals surface area contributed by atoms with Crippen molar-refractivity contribution in [2.45, 2.75) is 39.4 Å². The lowest BCUT2D eigenvalue weighted by atomic mass is 9.88. The summed E-state index contributed by atoms with van der Waals surface area (Å²) in [7, 11) is 0. The van der Waals surface area contributed by atoms with E-state index in [1.807, 2.05) is 13.0 Å². The maximum atomic E-state index is 12.0. The summed E-state index contributed by atoms with van der Waals surface area (Å²) in [6.45, 7) is 4.23. The van der Waals surface area contributed by atoms with Crippen molar-refractivity contribution in [2.75, 3.05) is 6.61 Å². The first-order valence-electron chi connectivity index (χ1n) is 5.68. The van der Waals surface area contributed by atoms with Gasteiger partial charge in [0.2, 0.25) is 0 Å². The quantitative estimate of drug-likeness (QED) is 0.405. The highest BCUT2D eigenvalue weighted by Crippen LogP contribution is 2.49. The second-order valence-corrected chi connectivity index (χ2v) is 4.45. The molecule has 2 bridgehead atoms. The summed E-state index contributed by atoms with van der Waals surface area (Å²) < 4.78 is 10.5. The Morgan fingerprint density at radius 2 is 2.47 bits per heavy atom. The summed E-state index contributed by atoms with van der Waals surface area (Å²) in [6, 6.07) is 0. The van der Waals surface area contributed by atoms with E-state index in [2.05, 4.69) is 6.08 Å². The molecule has 2 aliphatic carbocycles. The molecule has 84 valence electrons. The molecular weight excluding hydrogens is 192 g/mol. The molecule has 3 nitrogen and oxygen atoms in total. The largest absolute Gasteiger partial charge is 0.435 e. The van der Waals surface area contributed by atoms with Gasteiger partial charge in [0.05, 0.1) is 5.41 Å². The van der Waals surface area contributed by atoms with Gasteiger partial charge in [-0.3, -0.25) is 4.79 Å². The molecule has 1 saturated carbocycles. The Morgan fingerprint density at radius 3 is 2.93 bits per heavy atom. The lowest BCUT2D eigenvalue weighted by molar-refractivity contribution is -0.182. The zero-order chi connectivity index (χ0) is 10.9. The van der Waals surface area contributed by atoms with Crippen LogP contribution in [0, 0.1) is 11.3 Å². The number of hydrogen-bond acceptors (Lipinski definition) is 3. The van der Waals surface area contributed by atoms with Crippen molar-refractivity contribution in [1.29, 1.82) is 0 Å². The number of ether oxygens (including phenoxy) is 2. The Balaban J connectivity index is 1.94. The van der Waals surface area contributed by atoms with Crippen LogP contribution in [0.1, 0.15) is 33.1 Å². The SMILES string of the molecule is CCOC(C)OC(=O)C12C=CC(CC1)C2.